The number of hydrogen-bond acceptors (Lipinski definition) is 7. The molecule has 6 rings (SSSR count). The van der Waals surface area contributed by atoms with E-state index in [0.29, 0.717) is 18.7 Å². The minimum Gasteiger partial charge on any atom is -0.350 e. The molecule has 0 saturated heterocycles. The van der Waals surface area contributed by atoms with E-state index in [2.05, 4.69) is 34.9 Å². The Hall–Kier alpha value is -4.01. The molecule has 0 spiro atoms. The summed E-state index contributed by atoms with van der Waals surface area (Å²) >= 11 is 0. The lowest BCUT2D eigenvalue weighted by Crippen LogP contribution is -2.32. The minimum atomic E-state index is -0.273. The van der Waals surface area contributed by atoms with E-state index in [-0.39, 0.29) is 5.82 Å². The predicted molar refractivity (Wildman–Crippen MR) is 117 cm³/mol. The zero-order valence-corrected chi connectivity index (χ0v) is 17.4. The van der Waals surface area contributed by atoms with E-state index < -0.39 is 0 Å². The molecule has 0 bridgehead atoms. The fourth-order valence-corrected chi connectivity index (χ4v) is 4.30. The van der Waals surface area contributed by atoms with Crippen molar-refractivity contribution in [2.75, 3.05) is 11.4 Å². The first-order valence-electron chi connectivity index (χ1n) is 10.4. The summed E-state index contributed by atoms with van der Waals surface area (Å²) in [6.45, 7) is 1.89. The number of aliphatic imine (C=N–C) groups is 1. The molecule has 9 heteroatoms. The van der Waals surface area contributed by atoms with E-state index in [9.17, 15) is 4.39 Å². The standard InChI is InChI=1S/C23H19FN8/c1-31-11-15(10-30-31)16-7-17-14(6-18(16)24)9-27-23(17)20-8-22(29-13-28-20)32-5-2-19-21(12-32)26-4-3-25-19/h3-4,6-8,10-11,13H,2,5,9,12H2,1H3. The molecule has 0 unspecified atom stereocenters. The van der Waals surface area contributed by atoms with Gasteiger partial charge in [-0.2, -0.15) is 5.10 Å². The first-order valence-corrected chi connectivity index (χ1v) is 10.4. The number of nitrogens with zero attached hydrogens (tertiary/aromatic N) is 8. The molecule has 32 heavy (non-hydrogen) atoms. The van der Waals surface area contributed by atoms with Gasteiger partial charge in [-0.25, -0.2) is 14.4 Å². The summed E-state index contributed by atoms with van der Waals surface area (Å²) in [5.41, 5.74) is 6.48. The topological polar surface area (TPSA) is 85.0 Å². The fourth-order valence-electron chi connectivity index (χ4n) is 4.30. The molecule has 0 saturated carbocycles. The van der Waals surface area contributed by atoms with Crippen LogP contribution < -0.4 is 4.90 Å². The predicted octanol–water partition coefficient (Wildman–Crippen LogP) is 2.72. The van der Waals surface area contributed by atoms with Crippen LogP contribution in [0.2, 0.25) is 0 Å². The van der Waals surface area contributed by atoms with Gasteiger partial charge in [-0.3, -0.25) is 19.6 Å². The highest BCUT2D eigenvalue weighted by molar-refractivity contribution is 6.14. The van der Waals surface area contributed by atoms with Crippen molar-refractivity contribution in [3.8, 4) is 11.1 Å². The second-order valence-electron chi connectivity index (χ2n) is 7.94. The van der Waals surface area contributed by atoms with Crippen LogP contribution in [0.3, 0.4) is 0 Å². The first kappa shape index (κ1) is 18.7. The SMILES string of the molecule is Cn1cc(-c2cc3c(cc2F)CN=C3c2cc(N3CCc4nccnc4C3)ncn2)cn1. The normalized spacial score (nSPS) is 14.8. The Morgan fingerprint density at radius 3 is 2.69 bits per heavy atom. The van der Waals surface area contributed by atoms with Crippen molar-refractivity contribution in [2.24, 2.45) is 12.0 Å². The Bertz CT molecular complexity index is 1380. The zero-order chi connectivity index (χ0) is 21.7. The lowest BCUT2D eigenvalue weighted by molar-refractivity contribution is 0.629. The van der Waals surface area contributed by atoms with Crippen LogP contribution in [0.25, 0.3) is 11.1 Å². The molecule has 3 aromatic heterocycles. The van der Waals surface area contributed by atoms with Gasteiger partial charge in [-0.15, -0.1) is 0 Å². The lowest BCUT2D eigenvalue weighted by Gasteiger charge is -2.28. The third-order valence-electron chi connectivity index (χ3n) is 5.91. The maximum atomic E-state index is 14.8. The van der Waals surface area contributed by atoms with Gasteiger partial charge in [-0.05, 0) is 17.7 Å². The van der Waals surface area contributed by atoms with Gasteiger partial charge in [-0.1, -0.05) is 0 Å². The highest BCUT2D eigenvalue weighted by Crippen LogP contribution is 2.31. The Kier molecular flexibility index (Phi) is 4.27. The summed E-state index contributed by atoms with van der Waals surface area (Å²) in [4.78, 5) is 24.7. The average molecular weight is 426 g/mol. The van der Waals surface area contributed by atoms with Crippen LogP contribution in [-0.4, -0.2) is 42.0 Å². The molecule has 5 heterocycles. The second kappa shape index (κ2) is 7.30. The average Bonchev–Trinajstić information content (AvgIpc) is 3.44. The van der Waals surface area contributed by atoms with Gasteiger partial charge >= 0.3 is 0 Å². The van der Waals surface area contributed by atoms with Gasteiger partial charge in [0.25, 0.3) is 0 Å². The quantitative estimate of drug-likeness (QED) is 0.501. The smallest absolute Gasteiger partial charge is 0.132 e. The molecule has 2 aliphatic rings. The van der Waals surface area contributed by atoms with Crippen molar-refractivity contribution in [2.45, 2.75) is 19.5 Å². The minimum absolute atomic E-state index is 0.273. The van der Waals surface area contributed by atoms with Gasteiger partial charge in [0.2, 0.25) is 0 Å². The summed E-state index contributed by atoms with van der Waals surface area (Å²) in [6.07, 6.45) is 9.29. The van der Waals surface area contributed by atoms with Crippen molar-refractivity contribution >= 4 is 11.5 Å². The Morgan fingerprint density at radius 1 is 0.969 bits per heavy atom. The molecule has 0 amide bonds. The van der Waals surface area contributed by atoms with Crippen LogP contribution in [0, 0.1) is 5.82 Å². The molecule has 1 aromatic carbocycles. The summed E-state index contributed by atoms with van der Waals surface area (Å²) < 4.78 is 16.4. The number of rotatable bonds is 3. The monoisotopic (exact) mass is 426 g/mol. The van der Waals surface area contributed by atoms with Crippen molar-refractivity contribution in [1.82, 2.24) is 29.7 Å². The van der Waals surface area contributed by atoms with Gasteiger partial charge in [0, 0.05) is 61.4 Å². The second-order valence-corrected chi connectivity index (χ2v) is 7.94. The van der Waals surface area contributed by atoms with Crippen molar-refractivity contribution in [1.29, 1.82) is 0 Å². The summed E-state index contributed by atoms with van der Waals surface area (Å²) in [7, 11) is 1.81. The van der Waals surface area contributed by atoms with Crippen molar-refractivity contribution < 1.29 is 4.39 Å². The largest absolute Gasteiger partial charge is 0.350 e. The van der Waals surface area contributed by atoms with Gasteiger partial charge < -0.3 is 4.90 Å². The highest BCUT2D eigenvalue weighted by atomic mass is 19.1. The number of anilines is 1. The Labute approximate surface area is 183 Å². The molecule has 2 aliphatic heterocycles. The maximum absolute atomic E-state index is 14.8. The van der Waals surface area contributed by atoms with E-state index >= 15 is 0 Å². The molecule has 158 valence electrons. The molecule has 8 nitrogen and oxygen atoms in total. The van der Waals surface area contributed by atoms with Crippen LogP contribution in [0.4, 0.5) is 10.2 Å². The summed E-state index contributed by atoms with van der Waals surface area (Å²) in [5, 5.41) is 4.17. The molecular formula is C23H19FN8. The number of hydrogen-bond donors (Lipinski definition) is 0. The van der Waals surface area contributed by atoms with Crippen LogP contribution in [0.15, 0.2) is 54.3 Å². The molecule has 0 atom stereocenters. The summed E-state index contributed by atoms with van der Waals surface area (Å²) in [5.74, 6) is 0.543. The van der Waals surface area contributed by atoms with Gasteiger partial charge in [0.1, 0.15) is 18.0 Å². The number of halogens is 1. The molecule has 0 radical (unpaired) electrons. The van der Waals surface area contributed by atoms with E-state index in [1.807, 2.05) is 19.2 Å². The maximum Gasteiger partial charge on any atom is 0.132 e. The van der Waals surface area contributed by atoms with Crippen LogP contribution in [0.1, 0.15) is 28.2 Å². The number of fused-ring (bicyclic) bond motifs is 2. The third-order valence-corrected chi connectivity index (χ3v) is 5.91. The number of aryl methyl sites for hydroxylation is 1. The molecule has 0 fully saturated rings. The van der Waals surface area contributed by atoms with E-state index in [1.54, 1.807) is 41.9 Å². The summed E-state index contributed by atoms with van der Waals surface area (Å²) in [6, 6.07) is 5.36. The van der Waals surface area contributed by atoms with E-state index in [1.165, 1.54) is 0 Å². The third kappa shape index (κ3) is 3.13. The van der Waals surface area contributed by atoms with Crippen molar-refractivity contribution in [3.63, 3.8) is 0 Å². The van der Waals surface area contributed by atoms with Gasteiger partial charge in [0.05, 0.1) is 42.1 Å². The highest BCUT2D eigenvalue weighted by Gasteiger charge is 2.24. The zero-order valence-electron chi connectivity index (χ0n) is 17.4. The number of benzene rings is 1. The Balaban J connectivity index is 1.34. The van der Waals surface area contributed by atoms with Crippen LogP contribution in [0.5, 0.6) is 0 Å². The van der Waals surface area contributed by atoms with E-state index in [4.69, 9.17) is 0 Å². The first-order chi connectivity index (χ1) is 15.7. The number of aromatic nitrogens is 6. The van der Waals surface area contributed by atoms with Crippen molar-refractivity contribution in [3.05, 3.63) is 83.3 Å². The van der Waals surface area contributed by atoms with Crippen LogP contribution in [-0.2, 0) is 26.6 Å². The molecule has 0 aliphatic carbocycles. The molecular weight excluding hydrogens is 407 g/mol. The Morgan fingerprint density at radius 2 is 1.84 bits per heavy atom. The van der Waals surface area contributed by atoms with Crippen LogP contribution >= 0.6 is 0 Å². The molecule has 0 N–H and O–H groups in total. The lowest BCUT2D eigenvalue weighted by atomic mass is 9.97. The van der Waals surface area contributed by atoms with E-state index in [0.717, 1.165) is 58.3 Å². The fraction of sp³-hybridized carbons (Fsp3) is 0.217. The molecule has 4 aromatic rings. The van der Waals surface area contributed by atoms with Gasteiger partial charge in [0.15, 0.2) is 0 Å².